The molecule has 1 aromatic carbocycles. The molecule has 0 amide bonds. The van der Waals surface area contributed by atoms with Crippen LogP contribution in [0.1, 0.15) is 38.5 Å². The highest BCUT2D eigenvalue weighted by molar-refractivity contribution is 6.30. The van der Waals surface area contributed by atoms with Crippen molar-refractivity contribution in [2.24, 2.45) is 0 Å². The number of ether oxygens (including phenoxy) is 2. The fourth-order valence-electron chi connectivity index (χ4n) is 3.96. The molecule has 1 saturated heterocycles. The third kappa shape index (κ3) is 6.03. The largest absolute Gasteiger partial charge is 0.490 e. The SMILES string of the molecule is OC1(CN2CCOCC(O)(COc3ccc(F)c(Cl)c3)C2)CCCCCC1. The van der Waals surface area contributed by atoms with Gasteiger partial charge in [0, 0.05) is 25.7 Å². The molecular weight excluding hydrogens is 373 g/mol. The molecule has 5 nitrogen and oxygen atoms in total. The zero-order valence-electron chi connectivity index (χ0n) is 15.6. The van der Waals surface area contributed by atoms with E-state index in [-0.39, 0.29) is 18.2 Å². The molecule has 1 atom stereocenters. The van der Waals surface area contributed by atoms with Crippen molar-refractivity contribution < 1.29 is 24.1 Å². The lowest BCUT2D eigenvalue weighted by atomic mass is 9.93. The van der Waals surface area contributed by atoms with Crippen LogP contribution in [0, 0.1) is 5.82 Å². The number of rotatable bonds is 5. The molecule has 3 rings (SSSR count). The standard InChI is InChI=1S/C20H29ClFNO4/c21-17-11-16(5-6-18(17)22)27-15-20(25)13-23(9-10-26-14-20)12-19(24)7-3-1-2-4-8-19/h5-6,11,24-25H,1-4,7-10,12-15H2. The zero-order valence-corrected chi connectivity index (χ0v) is 16.4. The van der Waals surface area contributed by atoms with Gasteiger partial charge in [-0.2, -0.15) is 0 Å². The Bertz CT molecular complexity index is 624. The van der Waals surface area contributed by atoms with E-state index in [4.69, 9.17) is 21.1 Å². The van der Waals surface area contributed by atoms with Crippen LogP contribution in [-0.4, -0.2) is 65.8 Å². The van der Waals surface area contributed by atoms with Crippen LogP contribution >= 0.6 is 11.6 Å². The summed E-state index contributed by atoms with van der Waals surface area (Å²) in [4.78, 5) is 2.07. The number of aliphatic hydroxyl groups is 2. The Morgan fingerprint density at radius 3 is 2.59 bits per heavy atom. The maximum absolute atomic E-state index is 13.3. The van der Waals surface area contributed by atoms with E-state index < -0.39 is 17.0 Å². The van der Waals surface area contributed by atoms with Crippen molar-refractivity contribution in [2.75, 3.05) is 39.5 Å². The van der Waals surface area contributed by atoms with Crippen LogP contribution in [0.3, 0.4) is 0 Å². The predicted molar refractivity (Wildman–Crippen MR) is 102 cm³/mol. The summed E-state index contributed by atoms with van der Waals surface area (Å²) in [5.74, 6) is -0.114. The van der Waals surface area contributed by atoms with E-state index in [1.807, 2.05) is 0 Å². The molecule has 2 fully saturated rings. The third-order valence-corrected chi connectivity index (χ3v) is 5.68. The predicted octanol–water partition coefficient (Wildman–Crippen LogP) is 3.01. The highest BCUT2D eigenvalue weighted by atomic mass is 35.5. The lowest BCUT2D eigenvalue weighted by molar-refractivity contribution is -0.0733. The molecule has 1 heterocycles. The summed E-state index contributed by atoms with van der Waals surface area (Å²) in [5, 5.41) is 22.0. The molecule has 27 heavy (non-hydrogen) atoms. The minimum absolute atomic E-state index is 0.00386. The Morgan fingerprint density at radius 1 is 1.15 bits per heavy atom. The Kier molecular flexibility index (Phi) is 6.98. The number of hydrogen-bond donors (Lipinski definition) is 2. The second-order valence-corrected chi connectivity index (χ2v) is 8.40. The molecule has 1 saturated carbocycles. The lowest BCUT2D eigenvalue weighted by Crippen LogP contribution is -2.52. The van der Waals surface area contributed by atoms with E-state index in [9.17, 15) is 14.6 Å². The Labute approximate surface area is 165 Å². The molecule has 1 aromatic rings. The fourth-order valence-corrected chi connectivity index (χ4v) is 4.13. The zero-order chi connectivity index (χ0) is 19.3. The average Bonchev–Trinajstić information content (AvgIpc) is 2.94. The molecule has 0 aromatic heterocycles. The minimum Gasteiger partial charge on any atom is -0.490 e. The number of nitrogens with zero attached hydrogens (tertiary/aromatic N) is 1. The van der Waals surface area contributed by atoms with Gasteiger partial charge in [-0.15, -0.1) is 0 Å². The number of hydrogen-bond acceptors (Lipinski definition) is 5. The van der Waals surface area contributed by atoms with Gasteiger partial charge in [0.1, 0.15) is 23.8 Å². The summed E-state index contributed by atoms with van der Waals surface area (Å²) in [7, 11) is 0. The molecule has 152 valence electrons. The van der Waals surface area contributed by atoms with Gasteiger partial charge in [-0.1, -0.05) is 37.3 Å². The van der Waals surface area contributed by atoms with E-state index in [0.29, 0.717) is 32.0 Å². The van der Waals surface area contributed by atoms with Crippen LogP contribution in [0.5, 0.6) is 5.75 Å². The third-order valence-electron chi connectivity index (χ3n) is 5.39. The Hall–Kier alpha value is -0.920. The van der Waals surface area contributed by atoms with E-state index in [0.717, 1.165) is 25.7 Å². The first-order chi connectivity index (χ1) is 12.9. The first-order valence-corrected chi connectivity index (χ1v) is 10.1. The van der Waals surface area contributed by atoms with Gasteiger partial charge in [0.15, 0.2) is 0 Å². The molecular formula is C20H29ClFNO4. The van der Waals surface area contributed by atoms with E-state index in [1.54, 1.807) is 0 Å². The number of halogens is 2. The van der Waals surface area contributed by atoms with Crippen LogP contribution in [0.2, 0.25) is 5.02 Å². The van der Waals surface area contributed by atoms with Gasteiger partial charge < -0.3 is 19.7 Å². The van der Waals surface area contributed by atoms with Crippen LogP contribution in [0.15, 0.2) is 18.2 Å². The fraction of sp³-hybridized carbons (Fsp3) is 0.700. The van der Waals surface area contributed by atoms with Crippen LogP contribution in [-0.2, 0) is 4.74 Å². The molecule has 0 spiro atoms. The topological polar surface area (TPSA) is 62.2 Å². The van der Waals surface area contributed by atoms with Crippen molar-refractivity contribution in [3.05, 3.63) is 29.0 Å². The van der Waals surface area contributed by atoms with Gasteiger partial charge in [-0.3, -0.25) is 4.90 Å². The summed E-state index contributed by atoms with van der Waals surface area (Å²) < 4.78 is 24.5. The average molecular weight is 402 g/mol. The Balaban J connectivity index is 1.61. The molecule has 2 aliphatic rings. The highest BCUT2D eigenvalue weighted by Gasteiger charge is 2.37. The molecule has 1 unspecified atom stereocenters. The molecule has 2 N–H and O–H groups in total. The van der Waals surface area contributed by atoms with E-state index in [2.05, 4.69) is 4.90 Å². The van der Waals surface area contributed by atoms with Crippen molar-refractivity contribution in [1.82, 2.24) is 4.90 Å². The van der Waals surface area contributed by atoms with Crippen molar-refractivity contribution in [2.45, 2.75) is 49.7 Å². The first-order valence-electron chi connectivity index (χ1n) is 9.70. The van der Waals surface area contributed by atoms with Gasteiger partial charge >= 0.3 is 0 Å². The smallest absolute Gasteiger partial charge is 0.142 e. The Morgan fingerprint density at radius 2 is 1.89 bits per heavy atom. The van der Waals surface area contributed by atoms with Gasteiger partial charge in [-0.25, -0.2) is 4.39 Å². The van der Waals surface area contributed by atoms with Crippen LogP contribution < -0.4 is 4.74 Å². The second-order valence-electron chi connectivity index (χ2n) is 7.99. The molecule has 1 aliphatic carbocycles. The normalized spacial score (nSPS) is 27.0. The van der Waals surface area contributed by atoms with Gasteiger partial charge in [0.05, 0.1) is 23.8 Å². The van der Waals surface area contributed by atoms with Gasteiger partial charge in [-0.05, 0) is 25.0 Å². The van der Waals surface area contributed by atoms with E-state index >= 15 is 0 Å². The summed E-state index contributed by atoms with van der Waals surface area (Å²) >= 11 is 5.78. The van der Waals surface area contributed by atoms with Crippen molar-refractivity contribution in [3.8, 4) is 5.75 Å². The van der Waals surface area contributed by atoms with Crippen molar-refractivity contribution >= 4 is 11.6 Å². The summed E-state index contributed by atoms with van der Waals surface area (Å²) in [6.45, 7) is 2.19. The molecule has 1 aliphatic heterocycles. The maximum atomic E-state index is 13.3. The highest BCUT2D eigenvalue weighted by Crippen LogP contribution is 2.29. The number of benzene rings is 1. The minimum atomic E-state index is -1.21. The van der Waals surface area contributed by atoms with Crippen LogP contribution in [0.4, 0.5) is 4.39 Å². The van der Waals surface area contributed by atoms with Crippen molar-refractivity contribution in [1.29, 1.82) is 0 Å². The van der Waals surface area contributed by atoms with Gasteiger partial charge in [0.25, 0.3) is 0 Å². The maximum Gasteiger partial charge on any atom is 0.142 e. The summed E-state index contributed by atoms with van der Waals surface area (Å²) in [6, 6.07) is 4.11. The molecule has 0 bridgehead atoms. The molecule has 7 heteroatoms. The van der Waals surface area contributed by atoms with Gasteiger partial charge in [0.2, 0.25) is 0 Å². The first kappa shape index (κ1) is 20.8. The summed E-state index contributed by atoms with van der Waals surface area (Å²) in [5.41, 5.74) is -1.91. The second kappa shape index (κ2) is 9.05. The quantitative estimate of drug-likeness (QED) is 0.743. The number of β-amino-alcohol motifs (C(OH)–C–C–N with tert-alkyl or cyclic N) is 2. The van der Waals surface area contributed by atoms with Crippen molar-refractivity contribution in [3.63, 3.8) is 0 Å². The van der Waals surface area contributed by atoms with Crippen LogP contribution in [0.25, 0.3) is 0 Å². The summed E-state index contributed by atoms with van der Waals surface area (Å²) in [6.07, 6.45) is 6.02. The van der Waals surface area contributed by atoms with E-state index in [1.165, 1.54) is 31.0 Å². The lowest BCUT2D eigenvalue weighted by Gasteiger charge is -2.36. The monoisotopic (exact) mass is 401 g/mol. The molecule has 0 radical (unpaired) electrons.